The summed E-state index contributed by atoms with van der Waals surface area (Å²) in [6.07, 6.45) is 3.18. The second-order valence-corrected chi connectivity index (χ2v) is 5.43. The van der Waals surface area contributed by atoms with E-state index in [1.807, 2.05) is 12.1 Å². The van der Waals surface area contributed by atoms with Crippen LogP contribution in [0.25, 0.3) is 0 Å². The summed E-state index contributed by atoms with van der Waals surface area (Å²) in [6.45, 7) is 2.24. The van der Waals surface area contributed by atoms with Gasteiger partial charge in [0.2, 0.25) is 5.91 Å². The zero-order chi connectivity index (χ0) is 13.1. The van der Waals surface area contributed by atoms with E-state index < -0.39 is 0 Å². The Morgan fingerprint density at radius 1 is 1.33 bits per heavy atom. The van der Waals surface area contributed by atoms with Gasteiger partial charge in [0.15, 0.2) is 0 Å². The average molecular weight is 246 g/mol. The minimum absolute atomic E-state index is 0.141. The van der Waals surface area contributed by atoms with Gasteiger partial charge >= 0.3 is 0 Å². The van der Waals surface area contributed by atoms with Crippen LogP contribution in [0.1, 0.15) is 25.3 Å². The summed E-state index contributed by atoms with van der Waals surface area (Å²) >= 11 is 0. The molecular formula is C15H22N2O. The van der Waals surface area contributed by atoms with Crippen LogP contribution in [0.2, 0.25) is 0 Å². The molecule has 0 radical (unpaired) electrons. The molecule has 0 aromatic heterocycles. The summed E-state index contributed by atoms with van der Waals surface area (Å²) in [6, 6.07) is 8.75. The minimum Gasteiger partial charge on any atom is -0.382 e. The second-order valence-electron chi connectivity index (χ2n) is 5.43. The van der Waals surface area contributed by atoms with E-state index in [0.717, 1.165) is 17.2 Å². The predicted molar refractivity (Wildman–Crippen MR) is 74.6 cm³/mol. The average Bonchev–Trinajstić information content (AvgIpc) is 3.15. The highest BCUT2D eigenvalue weighted by Crippen LogP contribution is 2.33. The first kappa shape index (κ1) is 12.9. The molecule has 1 aromatic rings. The predicted octanol–water partition coefficient (Wildman–Crippen LogP) is 2.53. The van der Waals surface area contributed by atoms with Crippen LogP contribution in [-0.4, -0.2) is 30.9 Å². The van der Waals surface area contributed by atoms with Gasteiger partial charge in [-0.25, -0.2) is 0 Å². The van der Waals surface area contributed by atoms with Gasteiger partial charge in [-0.1, -0.05) is 12.1 Å². The van der Waals surface area contributed by atoms with Crippen molar-refractivity contribution in [3.63, 3.8) is 0 Å². The van der Waals surface area contributed by atoms with Gasteiger partial charge in [0, 0.05) is 25.8 Å². The molecule has 3 heteroatoms. The van der Waals surface area contributed by atoms with E-state index in [1.165, 1.54) is 12.8 Å². The van der Waals surface area contributed by atoms with Gasteiger partial charge in [-0.2, -0.15) is 0 Å². The number of hydrogen-bond donors (Lipinski definition) is 1. The smallest absolute Gasteiger partial charge is 0.226 e. The Hall–Kier alpha value is -1.51. The molecule has 0 spiro atoms. The van der Waals surface area contributed by atoms with Crippen LogP contribution in [0.3, 0.4) is 0 Å². The van der Waals surface area contributed by atoms with Crippen molar-refractivity contribution in [2.75, 3.05) is 19.4 Å². The van der Waals surface area contributed by atoms with Crippen LogP contribution in [0.4, 0.5) is 5.69 Å². The molecule has 1 N–H and O–H groups in total. The first-order valence-electron chi connectivity index (χ1n) is 6.62. The molecule has 1 aliphatic rings. The Morgan fingerprint density at radius 2 is 1.94 bits per heavy atom. The van der Waals surface area contributed by atoms with E-state index >= 15 is 0 Å². The SMILES string of the molecule is CC(Nc1ccc(CC(=O)N(C)C)cc1)C1CC1. The van der Waals surface area contributed by atoms with Crippen LogP contribution in [0, 0.1) is 5.92 Å². The standard InChI is InChI=1S/C15H22N2O/c1-11(13-6-7-13)16-14-8-4-12(5-9-14)10-15(18)17(2)3/h4-5,8-9,11,13,16H,6-7,10H2,1-3H3. The van der Waals surface area contributed by atoms with Crippen molar-refractivity contribution in [1.29, 1.82) is 0 Å². The van der Waals surface area contributed by atoms with Crippen molar-refractivity contribution in [3.05, 3.63) is 29.8 Å². The summed E-state index contributed by atoms with van der Waals surface area (Å²) in [5, 5.41) is 3.51. The molecule has 0 aliphatic heterocycles. The van der Waals surface area contributed by atoms with E-state index in [9.17, 15) is 4.79 Å². The molecule has 1 unspecified atom stereocenters. The largest absolute Gasteiger partial charge is 0.382 e. The Bertz CT molecular complexity index is 407. The van der Waals surface area contributed by atoms with Gasteiger partial charge in [-0.15, -0.1) is 0 Å². The number of carbonyl (C=O) groups is 1. The lowest BCUT2D eigenvalue weighted by Gasteiger charge is -2.15. The Balaban J connectivity index is 1.90. The van der Waals surface area contributed by atoms with Gasteiger partial charge in [-0.05, 0) is 43.4 Å². The number of carbonyl (C=O) groups excluding carboxylic acids is 1. The van der Waals surface area contributed by atoms with Gasteiger partial charge in [-0.3, -0.25) is 4.79 Å². The summed E-state index contributed by atoms with van der Waals surface area (Å²) in [7, 11) is 3.57. The Kier molecular flexibility index (Phi) is 3.90. The lowest BCUT2D eigenvalue weighted by Crippen LogP contribution is -2.23. The Morgan fingerprint density at radius 3 is 2.44 bits per heavy atom. The van der Waals surface area contributed by atoms with Crippen molar-refractivity contribution in [1.82, 2.24) is 4.90 Å². The fourth-order valence-electron chi connectivity index (χ4n) is 2.03. The van der Waals surface area contributed by atoms with Crippen LogP contribution in [0.5, 0.6) is 0 Å². The highest BCUT2D eigenvalue weighted by molar-refractivity contribution is 5.78. The maximum absolute atomic E-state index is 11.6. The number of nitrogens with zero attached hydrogens (tertiary/aromatic N) is 1. The molecule has 1 amide bonds. The van der Waals surface area contributed by atoms with Crippen LogP contribution < -0.4 is 5.32 Å². The quantitative estimate of drug-likeness (QED) is 0.866. The molecule has 0 saturated heterocycles. The number of benzene rings is 1. The van der Waals surface area contributed by atoms with E-state index in [-0.39, 0.29) is 5.91 Å². The van der Waals surface area contributed by atoms with Crippen molar-refractivity contribution < 1.29 is 4.79 Å². The second kappa shape index (κ2) is 5.42. The summed E-state index contributed by atoms with van der Waals surface area (Å²) in [5.74, 6) is 0.988. The fraction of sp³-hybridized carbons (Fsp3) is 0.533. The highest BCUT2D eigenvalue weighted by atomic mass is 16.2. The van der Waals surface area contributed by atoms with Gasteiger partial charge in [0.1, 0.15) is 0 Å². The third-order valence-corrected chi connectivity index (χ3v) is 3.53. The highest BCUT2D eigenvalue weighted by Gasteiger charge is 2.27. The van der Waals surface area contributed by atoms with E-state index in [0.29, 0.717) is 12.5 Å². The molecule has 1 atom stereocenters. The van der Waals surface area contributed by atoms with Gasteiger partial charge in [0.25, 0.3) is 0 Å². The molecule has 1 fully saturated rings. The molecule has 0 heterocycles. The lowest BCUT2D eigenvalue weighted by molar-refractivity contribution is -0.127. The van der Waals surface area contributed by atoms with Crippen LogP contribution >= 0.6 is 0 Å². The molecule has 0 bridgehead atoms. The van der Waals surface area contributed by atoms with E-state index in [2.05, 4.69) is 24.4 Å². The number of nitrogens with one attached hydrogen (secondary N) is 1. The molecule has 18 heavy (non-hydrogen) atoms. The monoisotopic (exact) mass is 246 g/mol. The van der Waals surface area contributed by atoms with Crippen molar-refractivity contribution in [3.8, 4) is 0 Å². The lowest BCUT2D eigenvalue weighted by atomic mass is 10.1. The molecule has 3 nitrogen and oxygen atoms in total. The number of rotatable bonds is 5. The first-order chi connectivity index (χ1) is 8.56. The third-order valence-electron chi connectivity index (χ3n) is 3.53. The van der Waals surface area contributed by atoms with E-state index in [1.54, 1.807) is 19.0 Å². The normalized spacial score (nSPS) is 16.2. The fourth-order valence-corrected chi connectivity index (χ4v) is 2.03. The van der Waals surface area contributed by atoms with Crippen LogP contribution in [-0.2, 0) is 11.2 Å². The topological polar surface area (TPSA) is 32.3 Å². The van der Waals surface area contributed by atoms with Crippen molar-refractivity contribution in [2.45, 2.75) is 32.2 Å². The molecule has 98 valence electrons. The number of likely N-dealkylation sites (N-methyl/N-ethyl adjacent to an activating group) is 1. The summed E-state index contributed by atoms with van der Waals surface area (Å²) < 4.78 is 0. The van der Waals surface area contributed by atoms with Gasteiger partial charge < -0.3 is 10.2 Å². The van der Waals surface area contributed by atoms with Gasteiger partial charge in [0.05, 0.1) is 6.42 Å². The third kappa shape index (κ3) is 3.49. The number of hydrogen-bond acceptors (Lipinski definition) is 2. The van der Waals surface area contributed by atoms with Crippen LogP contribution in [0.15, 0.2) is 24.3 Å². The number of anilines is 1. The zero-order valence-corrected chi connectivity index (χ0v) is 11.4. The molecule has 1 aromatic carbocycles. The van der Waals surface area contributed by atoms with Crippen molar-refractivity contribution >= 4 is 11.6 Å². The molecule has 1 aliphatic carbocycles. The summed E-state index contributed by atoms with van der Waals surface area (Å²) in [5.41, 5.74) is 2.22. The number of amides is 1. The Labute approximate surface area is 109 Å². The zero-order valence-electron chi connectivity index (χ0n) is 11.4. The summed E-state index contributed by atoms with van der Waals surface area (Å²) in [4.78, 5) is 13.2. The minimum atomic E-state index is 0.141. The maximum atomic E-state index is 11.6. The van der Waals surface area contributed by atoms with E-state index in [4.69, 9.17) is 0 Å². The molecule has 1 saturated carbocycles. The molecular weight excluding hydrogens is 224 g/mol. The first-order valence-corrected chi connectivity index (χ1v) is 6.62. The molecule has 2 rings (SSSR count). The van der Waals surface area contributed by atoms with Crippen molar-refractivity contribution in [2.24, 2.45) is 5.92 Å². The maximum Gasteiger partial charge on any atom is 0.226 e.